The predicted octanol–water partition coefficient (Wildman–Crippen LogP) is 3.65. The van der Waals surface area contributed by atoms with Crippen LogP contribution in [0.3, 0.4) is 0 Å². The van der Waals surface area contributed by atoms with Gasteiger partial charge < -0.3 is 10.1 Å². The predicted molar refractivity (Wildman–Crippen MR) is 75.6 cm³/mol. The van der Waals surface area contributed by atoms with Gasteiger partial charge in [0.25, 0.3) is 0 Å². The Morgan fingerprint density at radius 1 is 1.33 bits per heavy atom. The van der Waals surface area contributed by atoms with Gasteiger partial charge in [-0.15, -0.1) is 0 Å². The summed E-state index contributed by atoms with van der Waals surface area (Å²) >= 11 is 0. The average Bonchev–Trinajstić information content (AvgIpc) is 2.41. The number of rotatable bonds is 4. The van der Waals surface area contributed by atoms with Crippen molar-refractivity contribution >= 4 is 0 Å². The molecule has 18 heavy (non-hydrogen) atoms. The Morgan fingerprint density at radius 3 is 2.83 bits per heavy atom. The Bertz CT molecular complexity index is 437. The van der Waals surface area contributed by atoms with Crippen LogP contribution in [-0.2, 0) is 4.74 Å². The number of likely N-dealkylation sites (N-methyl/N-ethyl adjacent to an activating group) is 1. The van der Waals surface area contributed by atoms with Gasteiger partial charge in [0.1, 0.15) is 5.76 Å². The Morgan fingerprint density at radius 2 is 2.17 bits per heavy atom. The van der Waals surface area contributed by atoms with Crippen molar-refractivity contribution in [3.8, 4) is 0 Å². The molecule has 98 valence electrons. The van der Waals surface area contributed by atoms with Gasteiger partial charge in [0.15, 0.2) is 0 Å². The maximum atomic E-state index is 5.84. The van der Waals surface area contributed by atoms with Crippen molar-refractivity contribution in [2.24, 2.45) is 0 Å². The lowest BCUT2D eigenvalue weighted by molar-refractivity contribution is 0.168. The van der Waals surface area contributed by atoms with Crippen molar-refractivity contribution in [2.45, 2.75) is 39.7 Å². The van der Waals surface area contributed by atoms with Crippen molar-refractivity contribution in [2.75, 3.05) is 13.2 Å². The largest absolute Gasteiger partial charge is 0.496 e. The molecule has 0 spiro atoms. The molecule has 1 heterocycles. The molecule has 0 radical (unpaired) electrons. The summed E-state index contributed by atoms with van der Waals surface area (Å²) in [7, 11) is 0. The van der Waals surface area contributed by atoms with Gasteiger partial charge >= 0.3 is 0 Å². The summed E-state index contributed by atoms with van der Waals surface area (Å²) in [4.78, 5) is 0. The van der Waals surface area contributed by atoms with Crippen LogP contribution >= 0.6 is 0 Å². The molecule has 1 aliphatic heterocycles. The van der Waals surface area contributed by atoms with Crippen LogP contribution in [0.2, 0.25) is 0 Å². The fraction of sp³-hybridized carbons (Fsp3) is 0.500. The van der Waals surface area contributed by atoms with Gasteiger partial charge in [-0.05, 0) is 56.0 Å². The first-order valence-electron chi connectivity index (χ1n) is 6.86. The molecule has 1 N–H and O–H groups in total. The molecule has 1 atom stereocenters. The van der Waals surface area contributed by atoms with Gasteiger partial charge in [0, 0.05) is 0 Å². The molecule has 1 aliphatic rings. The molecule has 2 nitrogen and oxygen atoms in total. The fourth-order valence-electron chi connectivity index (χ4n) is 2.43. The minimum absolute atomic E-state index is 0.204. The van der Waals surface area contributed by atoms with E-state index in [2.05, 4.69) is 50.4 Å². The zero-order chi connectivity index (χ0) is 13.0. The number of ether oxygens (including phenoxy) is 1. The van der Waals surface area contributed by atoms with E-state index in [9.17, 15) is 0 Å². The lowest BCUT2D eigenvalue weighted by Crippen LogP contribution is -2.26. The van der Waals surface area contributed by atoms with E-state index in [1.165, 1.54) is 16.7 Å². The van der Waals surface area contributed by atoms with Crippen molar-refractivity contribution in [3.63, 3.8) is 0 Å². The van der Waals surface area contributed by atoms with Crippen molar-refractivity contribution in [3.05, 3.63) is 46.7 Å². The molecule has 0 fully saturated rings. The fourth-order valence-corrected chi connectivity index (χ4v) is 2.43. The summed E-state index contributed by atoms with van der Waals surface area (Å²) in [6.07, 6.45) is 4.50. The molecular weight excluding hydrogens is 222 g/mol. The molecule has 0 saturated carbocycles. The summed E-state index contributed by atoms with van der Waals surface area (Å²) in [5, 5.41) is 3.54. The van der Waals surface area contributed by atoms with Gasteiger partial charge in [-0.3, -0.25) is 0 Å². The van der Waals surface area contributed by atoms with Crippen molar-refractivity contribution in [1.29, 1.82) is 0 Å². The molecule has 0 aliphatic carbocycles. The van der Waals surface area contributed by atoms with Crippen LogP contribution in [0.1, 0.15) is 42.5 Å². The van der Waals surface area contributed by atoms with Gasteiger partial charge in [0.05, 0.1) is 12.6 Å². The number of hydrogen-bond donors (Lipinski definition) is 1. The lowest BCUT2D eigenvalue weighted by atomic mass is 9.95. The standard InChI is InChI=1S/C16H23NO/c1-4-17-16(15-10-5-6-11-18-15)14-9-7-8-12(2)13(14)3/h7-10,16-17H,4-6,11H2,1-3H3. The maximum Gasteiger partial charge on any atom is 0.113 e. The molecule has 0 bridgehead atoms. The summed E-state index contributed by atoms with van der Waals surface area (Å²) in [5.74, 6) is 1.09. The highest BCUT2D eigenvalue weighted by Crippen LogP contribution is 2.29. The minimum Gasteiger partial charge on any atom is -0.496 e. The van der Waals surface area contributed by atoms with Crippen LogP contribution in [0, 0.1) is 13.8 Å². The highest BCUT2D eigenvalue weighted by Gasteiger charge is 2.20. The first-order valence-corrected chi connectivity index (χ1v) is 6.86. The smallest absolute Gasteiger partial charge is 0.113 e. The number of nitrogens with one attached hydrogen (secondary N) is 1. The molecule has 1 unspecified atom stereocenters. The molecule has 0 amide bonds. The quantitative estimate of drug-likeness (QED) is 0.874. The average molecular weight is 245 g/mol. The Balaban J connectivity index is 2.34. The van der Waals surface area contributed by atoms with E-state index in [-0.39, 0.29) is 6.04 Å². The number of allylic oxidation sites excluding steroid dienone is 1. The van der Waals surface area contributed by atoms with Crippen LogP contribution < -0.4 is 5.32 Å². The Hall–Kier alpha value is -1.28. The lowest BCUT2D eigenvalue weighted by Gasteiger charge is -2.26. The third-order valence-corrected chi connectivity index (χ3v) is 3.61. The van der Waals surface area contributed by atoms with Gasteiger partial charge in [-0.25, -0.2) is 0 Å². The van der Waals surface area contributed by atoms with Crippen LogP contribution in [0.4, 0.5) is 0 Å². The van der Waals surface area contributed by atoms with Gasteiger partial charge in [0.2, 0.25) is 0 Å². The first kappa shape index (κ1) is 13.2. The number of aryl methyl sites for hydroxylation is 1. The maximum absolute atomic E-state index is 5.84. The first-order chi connectivity index (χ1) is 8.74. The van der Waals surface area contributed by atoms with Crippen molar-refractivity contribution < 1.29 is 4.74 Å². The molecule has 2 heteroatoms. The second kappa shape index (κ2) is 6.05. The summed E-state index contributed by atoms with van der Waals surface area (Å²) in [5.41, 5.74) is 4.04. The van der Waals surface area contributed by atoms with E-state index in [4.69, 9.17) is 4.74 Å². The summed E-state index contributed by atoms with van der Waals surface area (Å²) in [6, 6.07) is 6.70. The van der Waals surface area contributed by atoms with E-state index < -0.39 is 0 Å². The second-order valence-electron chi connectivity index (χ2n) is 4.88. The van der Waals surface area contributed by atoms with E-state index in [1.54, 1.807) is 0 Å². The van der Waals surface area contributed by atoms with E-state index in [0.29, 0.717) is 0 Å². The molecule has 1 aromatic rings. The van der Waals surface area contributed by atoms with Crippen LogP contribution in [0.15, 0.2) is 30.0 Å². The molecule has 1 aromatic carbocycles. The summed E-state index contributed by atoms with van der Waals surface area (Å²) < 4.78 is 5.84. The Kier molecular flexibility index (Phi) is 4.43. The molecule has 0 aromatic heterocycles. The van der Waals surface area contributed by atoms with Crippen LogP contribution in [0.25, 0.3) is 0 Å². The van der Waals surface area contributed by atoms with Crippen molar-refractivity contribution in [1.82, 2.24) is 5.32 Å². The van der Waals surface area contributed by atoms with E-state index in [1.807, 2.05) is 0 Å². The van der Waals surface area contributed by atoms with E-state index >= 15 is 0 Å². The van der Waals surface area contributed by atoms with Crippen LogP contribution in [-0.4, -0.2) is 13.2 Å². The number of hydrogen-bond acceptors (Lipinski definition) is 2. The van der Waals surface area contributed by atoms with Gasteiger partial charge in [-0.1, -0.05) is 25.1 Å². The SMILES string of the molecule is CCNC(C1=CCCCO1)c1cccc(C)c1C. The number of benzene rings is 1. The third-order valence-electron chi connectivity index (χ3n) is 3.61. The second-order valence-corrected chi connectivity index (χ2v) is 4.88. The third kappa shape index (κ3) is 2.75. The highest BCUT2D eigenvalue weighted by atomic mass is 16.5. The zero-order valence-electron chi connectivity index (χ0n) is 11.6. The zero-order valence-corrected chi connectivity index (χ0v) is 11.6. The topological polar surface area (TPSA) is 21.3 Å². The minimum atomic E-state index is 0.204. The van der Waals surface area contributed by atoms with Gasteiger partial charge in [-0.2, -0.15) is 0 Å². The summed E-state index contributed by atoms with van der Waals surface area (Å²) in [6.45, 7) is 8.29. The normalized spacial score (nSPS) is 16.9. The molecular formula is C16H23NO. The monoisotopic (exact) mass is 245 g/mol. The van der Waals surface area contributed by atoms with Crippen LogP contribution in [0.5, 0.6) is 0 Å². The van der Waals surface area contributed by atoms with E-state index in [0.717, 1.165) is 31.8 Å². The molecule has 2 rings (SSSR count). The Labute approximate surface area is 110 Å². The molecule has 0 saturated heterocycles. The highest BCUT2D eigenvalue weighted by molar-refractivity contribution is 5.38.